The van der Waals surface area contributed by atoms with Crippen LogP contribution in [0, 0.1) is 0 Å². The average molecular weight is 353 g/mol. The van der Waals surface area contributed by atoms with Gasteiger partial charge in [0.1, 0.15) is 0 Å². The maximum Gasteiger partial charge on any atom is 0.416 e. The van der Waals surface area contributed by atoms with Crippen molar-refractivity contribution in [1.82, 2.24) is 0 Å². The van der Waals surface area contributed by atoms with Gasteiger partial charge in [0.2, 0.25) is 0 Å². The van der Waals surface area contributed by atoms with Crippen LogP contribution in [0.15, 0.2) is 79.4 Å². The lowest BCUT2D eigenvalue weighted by atomic mass is 9.95. The molecule has 0 heterocycles. The smallest absolute Gasteiger partial charge is 0.398 e. The Bertz CT molecular complexity index is 942. The van der Waals surface area contributed by atoms with E-state index in [2.05, 4.69) is 6.58 Å². The number of hydrogen-bond acceptors (Lipinski definition) is 1. The van der Waals surface area contributed by atoms with Gasteiger partial charge in [0.15, 0.2) is 0 Å². The number of allylic oxidation sites excluding steroid dienone is 1. The number of hydrogen-bond donors (Lipinski definition) is 1. The first-order chi connectivity index (χ1) is 12.3. The van der Waals surface area contributed by atoms with Gasteiger partial charge in [-0.25, -0.2) is 0 Å². The zero-order chi connectivity index (χ0) is 18.7. The van der Waals surface area contributed by atoms with Gasteiger partial charge in [-0.05, 0) is 58.5 Å². The number of anilines is 1. The second-order valence-corrected chi connectivity index (χ2v) is 6.14. The second-order valence-electron chi connectivity index (χ2n) is 6.14. The minimum atomic E-state index is -4.36. The summed E-state index contributed by atoms with van der Waals surface area (Å²) >= 11 is 0. The van der Waals surface area contributed by atoms with E-state index in [1.54, 1.807) is 12.1 Å². The number of nitrogen functional groups attached to an aromatic ring is 1. The molecule has 3 aromatic rings. The third-order valence-corrected chi connectivity index (χ3v) is 4.25. The minimum Gasteiger partial charge on any atom is -0.398 e. The Kier molecular flexibility index (Phi) is 4.85. The standard InChI is InChI=1S/C22H18F3N/c1-15(12-19-6-2-3-11-21(19)26)16-7-4-8-17(13-16)18-9-5-10-20(14-18)22(23,24)25/h2-11,13-14H,1,12,26H2. The maximum atomic E-state index is 12.9. The summed E-state index contributed by atoms with van der Waals surface area (Å²) < 4.78 is 38.8. The van der Waals surface area contributed by atoms with Crippen molar-refractivity contribution in [3.05, 3.63) is 96.1 Å². The SMILES string of the molecule is C=C(Cc1ccccc1N)c1cccc(-c2cccc(C(F)(F)F)c2)c1. The number of alkyl halides is 3. The topological polar surface area (TPSA) is 26.0 Å². The molecule has 0 unspecified atom stereocenters. The highest BCUT2D eigenvalue weighted by molar-refractivity contribution is 5.74. The molecule has 4 heteroatoms. The first-order valence-corrected chi connectivity index (χ1v) is 8.14. The molecule has 1 nitrogen and oxygen atoms in total. The quantitative estimate of drug-likeness (QED) is 0.554. The monoisotopic (exact) mass is 353 g/mol. The summed E-state index contributed by atoms with van der Waals surface area (Å²) in [5.41, 5.74) is 9.97. The van der Waals surface area contributed by atoms with E-state index in [1.165, 1.54) is 6.07 Å². The highest BCUT2D eigenvalue weighted by Gasteiger charge is 2.30. The van der Waals surface area contributed by atoms with E-state index in [1.807, 2.05) is 42.5 Å². The Labute approximate surface area is 150 Å². The van der Waals surface area contributed by atoms with Crippen LogP contribution >= 0.6 is 0 Å². The third-order valence-electron chi connectivity index (χ3n) is 4.25. The highest BCUT2D eigenvalue weighted by atomic mass is 19.4. The summed E-state index contributed by atoms with van der Waals surface area (Å²) in [4.78, 5) is 0. The van der Waals surface area contributed by atoms with Crippen LogP contribution in [-0.2, 0) is 12.6 Å². The molecule has 26 heavy (non-hydrogen) atoms. The predicted molar refractivity (Wildman–Crippen MR) is 100 cm³/mol. The first-order valence-electron chi connectivity index (χ1n) is 8.14. The van der Waals surface area contributed by atoms with E-state index in [0.29, 0.717) is 17.7 Å². The van der Waals surface area contributed by atoms with Crippen LogP contribution in [0.3, 0.4) is 0 Å². The Hall–Kier alpha value is -3.01. The molecule has 0 bridgehead atoms. The lowest BCUT2D eigenvalue weighted by molar-refractivity contribution is -0.137. The molecule has 3 aromatic carbocycles. The zero-order valence-corrected chi connectivity index (χ0v) is 14.1. The van der Waals surface area contributed by atoms with Gasteiger partial charge in [0, 0.05) is 5.69 Å². The van der Waals surface area contributed by atoms with E-state index < -0.39 is 11.7 Å². The molecule has 0 atom stereocenters. The van der Waals surface area contributed by atoms with Gasteiger partial charge in [-0.1, -0.05) is 55.1 Å². The van der Waals surface area contributed by atoms with E-state index in [-0.39, 0.29) is 0 Å². The van der Waals surface area contributed by atoms with Gasteiger partial charge in [-0.15, -0.1) is 0 Å². The van der Waals surface area contributed by atoms with Crippen LogP contribution in [0.25, 0.3) is 16.7 Å². The Morgan fingerprint density at radius 2 is 1.50 bits per heavy atom. The van der Waals surface area contributed by atoms with Crippen LogP contribution < -0.4 is 5.73 Å². The van der Waals surface area contributed by atoms with Gasteiger partial charge in [-0.2, -0.15) is 13.2 Å². The molecule has 132 valence electrons. The summed E-state index contributed by atoms with van der Waals surface area (Å²) in [5.74, 6) is 0. The number of benzene rings is 3. The molecule has 0 aliphatic carbocycles. The molecular formula is C22H18F3N. The molecule has 0 aliphatic heterocycles. The Balaban J connectivity index is 1.89. The van der Waals surface area contributed by atoms with Crippen molar-refractivity contribution in [2.75, 3.05) is 5.73 Å². The second kappa shape index (κ2) is 7.08. The molecule has 2 N–H and O–H groups in total. The van der Waals surface area contributed by atoms with Gasteiger partial charge < -0.3 is 5.73 Å². The van der Waals surface area contributed by atoms with Crippen LogP contribution in [0.5, 0.6) is 0 Å². The highest BCUT2D eigenvalue weighted by Crippen LogP contribution is 2.33. The summed E-state index contributed by atoms with van der Waals surface area (Å²) in [6, 6.07) is 20.3. The number of para-hydroxylation sites is 1. The van der Waals surface area contributed by atoms with Crippen molar-refractivity contribution in [1.29, 1.82) is 0 Å². The number of nitrogens with two attached hydrogens (primary N) is 1. The lowest BCUT2D eigenvalue weighted by Crippen LogP contribution is -2.04. The van der Waals surface area contributed by atoms with Crippen molar-refractivity contribution in [3.63, 3.8) is 0 Å². The van der Waals surface area contributed by atoms with Crippen molar-refractivity contribution >= 4 is 11.3 Å². The summed E-state index contributed by atoms with van der Waals surface area (Å²) in [7, 11) is 0. The van der Waals surface area contributed by atoms with Gasteiger partial charge in [0.05, 0.1) is 5.56 Å². The predicted octanol–water partition coefficient (Wildman–Crippen LogP) is 6.21. The molecule has 0 fully saturated rings. The molecule has 3 rings (SSSR count). The van der Waals surface area contributed by atoms with Crippen molar-refractivity contribution in [2.45, 2.75) is 12.6 Å². The van der Waals surface area contributed by atoms with Crippen LogP contribution in [0.2, 0.25) is 0 Å². The fourth-order valence-electron chi connectivity index (χ4n) is 2.82. The minimum absolute atomic E-state index is 0.522. The molecule has 0 amide bonds. The van der Waals surface area contributed by atoms with Gasteiger partial charge >= 0.3 is 6.18 Å². The van der Waals surface area contributed by atoms with E-state index in [0.717, 1.165) is 34.4 Å². The first kappa shape index (κ1) is 17.8. The lowest BCUT2D eigenvalue weighted by Gasteiger charge is -2.12. The van der Waals surface area contributed by atoms with Crippen LogP contribution in [-0.4, -0.2) is 0 Å². The van der Waals surface area contributed by atoms with Gasteiger partial charge in [-0.3, -0.25) is 0 Å². The van der Waals surface area contributed by atoms with E-state index in [4.69, 9.17) is 5.73 Å². The maximum absolute atomic E-state index is 12.9. The Morgan fingerprint density at radius 1 is 0.846 bits per heavy atom. The molecule has 0 aromatic heterocycles. The third kappa shape index (κ3) is 3.97. The van der Waals surface area contributed by atoms with Crippen molar-refractivity contribution in [2.24, 2.45) is 0 Å². The fourth-order valence-corrected chi connectivity index (χ4v) is 2.82. The molecule has 0 saturated carbocycles. The summed E-state index contributed by atoms with van der Waals surface area (Å²) in [5, 5.41) is 0. The van der Waals surface area contributed by atoms with Crippen LogP contribution in [0.4, 0.5) is 18.9 Å². The molecule has 0 saturated heterocycles. The van der Waals surface area contributed by atoms with Crippen LogP contribution in [0.1, 0.15) is 16.7 Å². The van der Waals surface area contributed by atoms with Gasteiger partial charge in [0.25, 0.3) is 0 Å². The summed E-state index contributed by atoms with van der Waals surface area (Å²) in [6.45, 7) is 4.12. The number of rotatable bonds is 4. The largest absolute Gasteiger partial charge is 0.416 e. The van der Waals surface area contributed by atoms with E-state index >= 15 is 0 Å². The van der Waals surface area contributed by atoms with E-state index in [9.17, 15) is 13.2 Å². The molecular weight excluding hydrogens is 335 g/mol. The molecule has 0 radical (unpaired) electrons. The number of halogens is 3. The Morgan fingerprint density at radius 3 is 2.19 bits per heavy atom. The summed E-state index contributed by atoms with van der Waals surface area (Å²) in [6.07, 6.45) is -3.78. The fraction of sp³-hybridized carbons (Fsp3) is 0.0909. The molecule has 0 aliphatic rings. The zero-order valence-electron chi connectivity index (χ0n) is 14.1. The van der Waals surface area contributed by atoms with Crippen molar-refractivity contribution < 1.29 is 13.2 Å². The normalized spacial score (nSPS) is 11.3. The van der Waals surface area contributed by atoms with Crippen molar-refractivity contribution in [3.8, 4) is 11.1 Å². The average Bonchev–Trinajstić information content (AvgIpc) is 2.63. The molecule has 0 spiro atoms.